The van der Waals surface area contributed by atoms with E-state index in [-0.39, 0.29) is 5.91 Å². The molecule has 1 aromatic rings. The van der Waals surface area contributed by atoms with Gasteiger partial charge < -0.3 is 24.8 Å². The van der Waals surface area contributed by atoms with Crippen LogP contribution in [0.15, 0.2) is 29.3 Å². The number of nitrogens with one attached hydrogen (secondary N) is 1. The Hall–Kier alpha value is -2.28. The second-order valence-electron chi connectivity index (χ2n) is 6.96. The lowest BCUT2D eigenvalue weighted by Crippen LogP contribution is -2.53. The van der Waals surface area contributed by atoms with Gasteiger partial charge in [0.1, 0.15) is 12.4 Å². The number of piperazine rings is 1. The Morgan fingerprint density at radius 1 is 1.22 bits per heavy atom. The minimum Gasteiger partial charge on any atom is -0.492 e. The summed E-state index contributed by atoms with van der Waals surface area (Å²) in [5, 5.41) is 3.36. The van der Waals surface area contributed by atoms with Crippen LogP contribution in [0.1, 0.15) is 19.4 Å². The summed E-state index contributed by atoms with van der Waals surface area (Å²) in [7, 11) is 4.07. The quantitative estimate of drug-likeness (QED) is 0.574. The van der Waals surface area contributed by atoms with Crippen LogP contribution in [0, 0.1) is 0 Å². The molecule has 1 amide bonds. The van der Waals surface area contributed by atoms with Crippen LogP contribution in [0.5, 0.6) is 5.75 Å². The first-order valence-electron chi connectivity index (χ1n) is 9.65. The highest BCUT2D eigenvalue weighted by molar-refractivity contribution is 5.80. The Morgan fingerprint density at radius 3 is 2.56 bits per heavy atom. The molecular formula is C20H33N5O2. The van der Waals surface area contributed by atoms with Gasteiger partial charge in [-0.3, -0.25) is 4.79 Å². The second kappa shape index (κ2) is 10.8. The standard InChI is InChI=1S/C20H33N5O2/c1-5-21-20(25-11-9-24(10-12-25)17(2)26)22-16-18-7-6-8-19(15-18)27-14-13-23(3)4/h6-8,15H,5,9-14,16H2,1-4H3,(H,21,22). The van der Waals surface area contributed by atoms with Crippen LogP contribution < -0.4 is 10.1 Å². The molecule has 0 saturated carbocycles. The van der Waals surface area contributed by atoms with Crippen LogP contribution in [0.3, 0.4) is 0 Å². The second-order valence-corrected chi connectivity index (χ2v) is 6.96. The summed E-state index contributed by atoms with van der Waals surface area (Å²) in [4.78, 5) is 22.5. The Bertz CT molecular complexity index is 625. The minimum atomic E-state index is 0.141. The van der Waals surface area contributed by atoms with Crippen LogP contribution in [0.4, 0.5) is 0 Å². The first-order chi connectivity index (χ1) is 13.0. The van der Waals surface area contributed by atoms with Gasteiger partial charge in [-0.1, -0.05) is 12.1 Å². The van der Waals surface area contributed by atoms with Crippen LogP contribution >= 0.6 is 0 Å². The average molecular weight is 376 g/mol. The van der Waals surface area contributed by atoms with Gasteiger partial charge in [-0.15, -0.1) is 0 Å². The first kappa shape index (κ1) is 21.0. The van der Waals surface area contributed by atoms with Crippen molar-refractivity contribution in [3.8, 4) is 5.75 Å². The molecule has 150 valence electrons. The van der Waals surface area contributed by atoms with E-state index in [9.17, 15) is 4.79 Å². The number of likely N-dealkylation sites (N-methyl/N-ethyl adjacent to an activating group) is 1. The van der Waals surface area contributed by atoms with E-state index < -0.39 is 0 Å². The number of benzene rings is 1. The number of ether oxygens (including phenoxy) is 1. The highest BCUT2D eigenvalue weighted by Gasteiger charge is 2.20. The SMILES string of the molecule is CCNC(=NCc1cccc(OCCN(C)C)c1)N1CCN(C(C)=O)CC1. The fourth-order valence-corrected chi connectivity index (χ4v) is 2.90. The molecule has 7 nitrogen and oxygen atoms in total. The van der Waals surface area contributed by atoms with E-state index >= 15 is 0 Å². The van der Waals surface area contributed by atoms with Crippen LogP contribution in [0.2, 0.25) is 0 Å². The van der Waals surface area contributed by atoms with Crippen molar-refractivity contribution in [3.05, 3.63) is 29.8 Å². The number of amides is 1. The molecule has 0 radical (unpaired) electrons. The maximum absolute atomic E-state index is 11.5. The molecule has 1 heterocycles. The topological polar surface area (TPSA) is 60.4 Å². The number of carbonyl (C=O) groups excluding carboxylic acids is 1. The first-order valence-corrected chi connectivity index (χ1v) is 9.65. The summed E-state index contributed by atoms with van der Waals surface area (Å²) in [5.41, 5.74) is 1.12. The van der Waals surface area contributed by atoms with Crippen molar-refractivity contribution >= 4 is 11.9 Å². The highest BCUT2D eigenvalue weighted by atomic mass is 16.5. The van der Waals surface area contributed by atoms with Gasteiger partial charge in [0.25, 0.3) is 0 Å². The summed E-state index contributed by atoms with van der Waals surface area (Å²) in [5.74, 6) is 1.92. The monoisotopic (exact) mass is 375 g/mol. The number of carbonyl (C=O) groups is 1. The molecule has 1 N–H and O–H groups in total. The van der Waals surface area contributed by atoms with Crippen LogP contribution in [-0.4, -0.2) is 86.5 Å². The summed E-state index contributed by atoms with van der Waals surface area (Å²) in [6.07, 6.45) is 0. The average Bonchev–Trinajstić information content (AvgIpc) is 2.65. The Kier molecular flexibility index (Phi) is 8.39. The molecule has 1 fully saturated rings. The molecule has 1 aliphatic heterocycles. The smallest absolute Gasteiger partial charge is 0.219 e. The van der Waals surface area contributed by atoms with Crippen molar-refractivity contribution in [1.82, 2.24) is 20.0 Å². The van der Waals surface area contributed by atoms with E-state index in [1.807, 2.05) is 31.1 Å². The van der Waals surface area contributed by atoms with Crippen LogP contribution in [-0.2, 0) is 11.3 Å². The van der Waals surface area contributed by atoms with Gasteiger partial charge >= 0.3 is 0 Å². The summed E-state index contributed by atoms with van der Waals surface area (Å²) in [6.45, 7) is 9.77. The lowest BCUT2D eigenvalue weighted by molar-refractivity contribution is -0.130. The van der Waals surface area contributed by atoms with Crippen molar-refractivity contribution in [2.75, 3.05) is 60.0 Å². The Balaban J connectivity index is 1.95. The van der Waals surface area contributed by atoms with E-state index in [0.29, 0.717) is 13.2 Å². The molecule has 0 aromatic heterocycles. The fourth-order valence-electron chi connectivity index (χ4n) is 2.90. The third-order valence-electron chi connectivity index (χ3n) is 4.48. The van der Waals surface area contributed by atoms with Gasteiger partial charge in [0.15, 0.2) is 5.96 Å². The number of nitrogens with zero attached hydrogens (tertiary/aromatic N) is 4. The maximum Gasteiger partial charge on any atom is 0.219 e. The normalized spacial score (nSPS) is 15.2. The minimum absolute atomic E-state index is 0.141. The van der Waals surface area contributed by atoms with Gasteiger partial charge in [0, 0.05) is 46.2 Å². The van der Waals surface area contributed by atoms with Gasteiger partial charge in [-0.2, -0.15) is 0 Å². The molecule has 1 saturated heterocycles. The zero-order valence-electron chi connectivity index (χ0n) is 17.1. The van der Waals surface area contributed by atoms with Crippen LogP contribution in [0.25, 0.3) is 0 Å². The van der Waals surface area contributed by atoms with E-state index in [0.717, 1.165) is 56.5 Å². The highest BCUT2D eigenvalue weighted by Crippen LogP contribution is 2.14. The van der Waals surface area contributed by atoms with Gasteiger partial charge in [0.2, 0.25) is 5.91 Å². The number of rotatable bonds is 7. The summed E-state index contributed by atoms with van der Waals surface area (Å²) < 4.78 is 5.81. The molecule has 0 atom stereocenters. The molecule has 1 aliphatic rings. The molecule has 7 heteroatoms. The molecular weight excluding hydrogens is 342 g/mol. The molecule has 0 unspecified atom stereocenters. The molecule has 0 spiro atoms. The van der Waals surface area contributed by atoms with E-state index in [1.165, 1.54) is 0 Å². The van der Waals surface area contributed by atoms with Crippen molar-refractivity contribution in [2.45, 2.75) is 20.4 Å². The zero-order valence-corrected chi connectivity index (χ0v) is 17.1. The third kappa shape index (κ3) is 7.09. The van der Waals surface area contributed by atoms with Crippen molar-refractivity contribution in [2.24, 2.45) is 4.99 Å². The fraction of sp³-hybridized carbons (Fsp3) is 0.600. The number of aliphatic imine (C=N–C) groups is 1. The number of hydrogen-bond donors (Lipinski definition) is 1. The van der Waals surface area contributed by atoms with Gasteiger partial charge in [-0.05, 0) is 38.7 Å². The van der Waals surface area contributed by atoms with Crippen molar-refractivity contribution < 1.29 is 9.53 Å². The lowest BCUT2D eigenvalue weighted by atomic mass is 10.2. The van der Waals surface area contributed by atoms with E-state index in [4.69, 9.17) is 9.73 Å². The number of hydrogen-bond acceptors (Lipinski definition) is 4. The molecule has 0 bridgehead atoms. The molecule has 1 aromatic carbocycles. The largest absolute Gasteiger partial charge is 0.492 e. The molecule has 0 aliphatic carbocycles. The Morgan fingerprint density at radius 2 is 1.93 bits per heavy atom. The summed E-state index contributed by atoms with van der Waals surface area (Å²) >= 11 is 0. The van der Waals surface area contributed by atoms with Gasteiger partial charge in [0.05, 0.1) is 6.54 Å². The van der Waals surface area contributed by atoms with Crippen molar-refractivity contribution in [3.63, 3.8) is 0 Å². The molecule has 27 heavy (non-hydrogen) atoms. The van der Waals surface area contributed by atoms with E-state index in [1.54, 1.807) is 6.92 Å². The van der Waals surface area contributed by atoms with Gasteiger partial charge in [-0.25, -0.2) is 4.99 Å². The molecule has 2 rings (SSSR count). The summed E-state index contributed by atoms with van der Waals surface area (Å²) in [6, 6.07) is 8.11. The Labute approximate surface area is 163 Å². The number of guanidine groups is 1. The lowest BCUT2D eigenvalue weighted by Gasteiger charge is -2.36. The predicted octanol–water partition coefficient (Wildman–Crippen LogP) is 1.26. The predicted molar refractivity (Wildman–Crippen MR) is 109 cm³/mol. The third-order valence-corrected chi connectivity index (χ3v) is 4.48. The van der Waals surface area contributed by atoms with E-state index in [2.05, 4.69) is 34.2 Å². The zero-order chi connectivity index (χ0) is 19.6. The maximum atomic E-state index is 11.5. The van der Waals surface area contributed by atoms with Crippen molar-refractivity contribution in [1.29, 1.82) is 0 Å².